The smallest absolute Gasteiger partial charge is 0.320 e. The molecule has 0 aliphatic carbocycles. The number of benzene rings is 2. The number of carbonyl (C=O) groups is 2. The second-order valence-corrected chi connectivity index (χ2v) is 7.01. The quantitative estimate of drug-likeness (QED) is 0.145. The summed E-state index contributed by atoms with van der Waals surface area (Å²) in [7, 11) is 0. The summed E-state index contributed by atoms with van der Waals surface area (Å²) in [4.78, 5) is 20.4. The van der Waals surface area contributed by atoms with Crippen molar-refractivity contribution >= 4 is 17.9 Å². The number of phenolic OH excluding ortho intramolecular Hbond substituents is 1. The predicted octanol–water partition coefficient (Wildman–Crippen LogP) is 1.26. The number of phenols is 1. The average molecular weight is 462 g/mol. The van der Waals surface area contributed by atoms with Gasteiger partial charge in [-0.25, -0.2) is 0 Å². The summed E-state index contributed by atoms with van der Waals surface area (Å²) >= 11 is 0. The van der Waals surface area contributed by atoms with Crippen molar-refractivity contribution in [3.8, 4) is 5.75 Å². The van der Waals surface area contributed by atoms with E-state index in [1.165, 1.54) is 5.56 Å². The van der Waals surface area contributed by atoms with Crippen molar-refractivity contribution in [1.29, 1.82) is 5.41 Å². The first-order chi connectivity index (χ1) is 15.6. The first kappa shape index (κ1) is 29.4. The van der Waals surface area contributed by atoms with Crippen LogP contribution in [0, 0.1) is 5.41 Å². The highest BCUT2D eigenvalue weighted by molar-refractivity contribution is 5.74. The Morgan fingerprint density at radius 2 is 1.55 bits per heavy atom. The van der Waals surface area contributed by atoms with E-state index >= 15 is 0 Å². The Kier molecular flexibility index (Phi) is 16.0. The Hall–Kier alpha value is -3.63. The first-order valence-electron chi connectivity index (χ1n) is 10.5. The van der Waals surface area contributed by atoms with Crippen molar-refractivity contribution < 1.29 is 24.9 Å². The monoisotopic (exact) mass is 461 g/mol. The maximum Gasteiger partial charge on any atom is 0.320 e. The van der Waals surface area contributed by atoms with E-state index in [4.69, 9.17) is 37.9 Å². The van der Waals surface area contributed by atoms with E-state index in [0.29, 0.717) is 25.8 Å². The van der Waals surface area contributed by atoms with Gasteiger partial charge in [0.05, 0.1) is 0 Å². The van der Waals surface area contributed by atoms with Crippen molar-refractivity contribution in [2.24, 2.45) is 17.2 Å². The van der Waals surface area contributed by atoms with Gasteiger partial charge >= 0.3 is 11.9 Å². The van der Waals surface area contributed by atoms with Crippen LogP contribution in [0.2, 0.25) is 0 Å². The lowest BCUT2D eigenvalue weighted by atomic mass is 10.1. The molecule has 2 aromatic rings. The number of guanidine groups is 1. The number of nitrogens with one attached hydrogen (secondary N) is 2. The average Bonchev–Trinajstić information content (AvgIpc) is 2.78. The molecule has 0 unspecified atom stereocenters. The summed E-state index contributed by atoms with van der Waals surface area (Å²) in [6.45, 7) is 1.22. The Labute approximate surface area is 193 Å². The number of rotatable bonds is 10. The molecule has 10 nitrogen and oxygen atoms in total. The van der Waals surface area contributed by atoms with E-state index in [1.54, 1.807) is 24.3 Å². The highest BCUT2D eigenvalue weighted by Crippen LogP contribution is 2.10. The third kappa shape index (κ3) is 17.7. The molecule has 0 heterocycles. The maximum absolute atomic E-state index is 10.2. The molecule has 2 aromatic carbocycles. The zero-order valence-corrected chi connectivity index (χ0v) is 18.6. The van der Waals surface area contributed by atoms with Gasteiger partial charge in [-0.2, -0.15) is 0 Å². The fourth-order valence-electron chi connectivity index (χ4n) is 2.39. The van der Waals surface area contributed by atoms with Crippen LogP contribution >= 0.6 is 0 Å². The molecule has 182 valence electrons. The summed E-state index contributed by atoms with van der Waals surface area (Å²) in [5, 5.41) is 35.0. The fraction of sp³-hybridized carbons (Fsp3) is 0.348. The van der Waals surface area contributed by atoms with Crippen LogP contribution in [0.5, 0.6) is 5.75 Å². The van der Waals surface area contributed by atoms with Crippen molar-refractivity contribution in [2.75, 3.05) is 13.1 Å². The maximum atomic E-state index is 10.2. The minimum Gasteiger partial charge on any atom is -0.508 e. The van der Waals surface area contributed by atoms with Crippen LogP contribution in [0.4, 0.5) is 0 Å². The predicted molar refractivity (Wildman–Crippen MR) is 128 cm³/mol. The molecule has 2 rings (SSSR count). The second kappa shape index (κ2) is 18.0. The van der Waals surface area contributed by atoms with Gasteiger partial charge in [0.2, 0.25) is 0 Å². The van der Waals surface area contributed by atoms with E-state index in [-0.39, 0.29) is 18.1 Å². The van der Waals surface area contributed by atoms with Gasteiger partial charge in [-0.1, -0.05) is 42.5 Å². The van der Waals surface area contributed by atoms with Gasteiger partial charge in [0.1, 0.15) is 11.8 Å². The van der Waals surface area contributed by atoms with Gasteiger partial charge in [0, 0.05) is 13.0 Å². The van der Waals surface area contributed by atoms with Crippen LogP contribution in [0.15, 0.2) is 54.6 Å². The molecule has 0 fully saturated rings. The molecule has 0 saturated heterocycles. The van der Waals surface area contributed by atoms with E-state index < -0.39 is 18.0 Å². The van der Waals surface area contributed by atoms with Crippen LogP contribution in [-0.4, -0.2) is 52.3 Å². The molecule has 11 N–H and O–H groups in total. The number of nitrogens with two attached hydrogens (primary N) is 3. The van der Waals surface area contributed by atoms with E-state index in [1.807, 2.05) is 18.2 Å². The Morgan fingerprint density at radius 1 is 0.970 bits per heavy atom. The number of hydrogen-bond acceptors (Lipinski definition) is 6. The summed E-state index contributed by atoms with van der Waals surface area (Å²) in [6, 6.07) is 16.0. The lowest BCUT2D eigenvalue weighted by molar-refractivity contribution is -0.139. The van der Waals surface area contributed by atoms with E-state index in [0.717, 1.165) is 18.5 Å². The number of aromatic hydroxyl groups is 1. The highest BCUT2D eigenvalue weighted by Gasteiger charge is 2.09. The standard InChI is InChI=1S/C9H10O3.C8H11N.C6H14N4O2/c10-8-4-1-7(2-5-8)3-6-9(11)12;9-7-6-8-4-2-1-3-5-8;7-4(5(11)12)2-1-3-10-6(8)9/h1-2,4-5,10H,3,6H2,(H,11,12);1-5H,6-7,9H2;4H,1-3,7H2,(H,11,12)(H4,8,9,10)/t;;4-/m..0/s1. The highest BCUT2D eigenvalue weighted by atomic mass is 16.4. The lowest BCUT2D eigenvalue weighted by Crippen LogP contribution is -2.34. The molecule has 0 aromatic heterocycles. The van der Waals surface area contributed by atoms with E-state index in [2.05, 4.69) is 17.4 Å². The molecule has 0 amide bonds. The first-order valence-corrected chi connectivity index (χ1v) is 10.5. The van der Waals surface area contributed by atoms with Crippen LogP contribution in [-0.2, 0) is 22.4 Å². The third-order valence-electron chi connectivity index (χ3n) is 4.16. The molecule has 0 radical (unpaired) electrons. The molecule has 10 heteroatoms. The molecule has 0 bridgehead atoms. The fourth-order valence-corrected chi connectivity index (χ4v) is 2.39. The third-order valence-corrected chi connectivity index (χ3v) is 4.16. The topological polar surface area (TPSA) is 209 Å². The van der Waals surface area contributed by atoms with Gasteiger partial charge in [-0.3, -0.25) is 15.0 Å². The van der Waals surface area contributed by atoms with Gasteiger partial charge < -0.3 is 37.8 Å². The van der Waals surface area contributed by atoms with Crippen molar-refractivity contribution in [3.05, 3.63) is 65.7 Å². The second-order valence-electron chi connectivity index (χ2n) is 7.01. The largest absolute Gasteiger partial charge is 0.508 e. The molecule has 1 atom stereocenters. The van der Waals surface area contributed by atoms with Crippen molar-refractivity contribution in [3.63, 3.8) is 0 Å². The van der Waals surface area contributed by atoms with Gasteiger partial charge in [0.25, 0.3) is 0 Å². The number of carboxylic acids is 2. The molecular formula is C23H35N5O5. The summed E-state index contributed by atoms with van der Waals surface area (Å²) in [5.41, 5.74) is 17.8. The van der Waals surface area contributed by atoms with Crippen molar-refractivity contribution in [1.82, 2.24) is 5.32 Å². The van der Waals surface area contributed by atoms with Crippen LogP contribution in [0.1, 0.15) is 30.4 Å². The Bertz CT molecular complexity index is 816. The van der Waals surface area contributed by atoms with Gasteiger partial charge in [-0.05, 0) is 55.5 Å². The summed E-state index contributed by atoms with van der Waals surface area (Å²) in [6.07, 6.45) is 2.60. The van der Waals surface area contributed by atoms with E-state index in [9.17, 15) is 9.59 Å². The zero-order valence-electron chi connectivity index (χ0n) is 18.6. The Balaban J connectivity index is 0.000000470. The summed E-state index contributed by atoms with van der Waals surface area (Å²) in [5.74, 6) is -1.71. The Morgan fingerprint density at radius 3 is 2.03 bits per heavy atom. The van der Waals surface area contributed by atoms with Gasteiger partial charge in [0.15, 0.2) is 5.96 Å². The van der Waals surface area contributed by atoms with Crippen molar-refractivity contribution in [2.45, 2.75) is 38.1 Å². The molecule has 0 aliphatic heterocycles. The number of carboxylic acid groups (broad SMARTS) is 2. The molecule has 0 saturated carbocycles. The number of aryl methyl sites for hydroxylation is 1. The number of aliphatic carboxylic acids is 2. The molecule has 0 spiro atoms. The zero-order chi connectivity index (χ0) is 25.1. The normalized spacial score (nSPS) is 10.5. The van der Waals surface area contributed by atoms with Crippen LogP contribution in [0.25, 0.3) is 0 Å². The minimum absolute atomic E-state index is 0.112. The molecule has 0 aliphatic rings. The molecule has 33 heavy (non-hydrogen) atoms. The summed E-state index contributed by atoms with van der Waals surface area (Å²) < 4.78 is 0. The SMILES string of the molecule is N=C(N)NCCC[C@H](N)C(=O)O.NCCc1ccccc1.O=C(O)CCc1ccc(O)cc1. The van der Waals surface area contributed by atoms with Crippen LogP contribution < -0.4 is 22.5 Å². The lowest BCUT2D eigenvalue weighted by Gasteiger charge is -2.06. The minimum atomic E-state index is -1.00. The number of hydrogen-bond donors (Lipinski definition) is 8. The molecular weight excluding hydrogens is 426 g/mol. The van der Waals surface area contributed by atoms with Crippen LogP contribution in [0.3, 0.4) is 0 Å². The van der Waals surface area contributed by atoms with Gasteiger partial charge in [-0.15, -0.1) is 0 Å².